The summed E-state index contributed by atoms with van der Waals surface area (Å²) < 4.78 is 25.0. The Morgan fingerprint density at radius 3 is 2.57 bits per heavy atom. The van der Waals surface area contributed by atoms with Gasteiger partial charge in [-0.25, -0.2) is 18.8 Å². The highest BCUT2D eigenvalue weighted by Gasteiger charge is 2.12. The van der Waals surface area contributed by atoms with Crippen molar-refractivity contribution in [3.05, 3.63) is 58.8 Å². The Morgan fingerprint density at radius 1 is 1.09 bits per heavy atom. The first-order chi connectivity index (χ1) is 11.0. The standard InChI is InChI=1S/C15H15BrN4O2S/c16-11-5-7-12(8-6-11)23(21,22)20-17-10-9-15-18-13-3-1-2-4-14(13)19-15/h1-8,17,20H,9-10H2,(H,18,19). The van der Waals surface area contributed by atoms with Crippen molar-refractivity contribution in [2.45, 2.75) is 11.3 Å². The summed E-state index contributed by atoms with van der Waals surface area (Å²) in [4.78, 5) is 10.2. The van der Waals surface area contributed by atoms with Gasteiger partial charge in [0.1, 0.15) is 5.82 Å². The fraction of sp³-hybridized carbons (Fsp3) is 0.133. The number of sulfonamides is 1. The van der Waals surface area contributed by atoms with E-state index in [1.165, 1.54) is 12.1 Å². The number of para-hydroxylation sites is 2. The molecular weight excluding hydrogens is 380 g/mol. The Kier molecular flexibility index (Phi) is 4.76. The number of aromatic nitrogens is 2. The van der Waals surface area contributed by atoms with E-state index in [9.17, 15) is 8.42 Å². The quantitative estimate of drug-likeness (QED) is 0.442. The average Bonchev–Trinajstić information content (AvgIpc) is 2.95. The number of halogens is 1. The number of benzene rings is 2. The minimum atomic E-state index is -3.57. The normalized spacial score (nSPS) is 11.9. The molecule has 0 saturated heterocycles. The van der Waals surface area contributed by atoms with Crippen LogP contribution in [-0.2, 0) is 16.4 Å². The number of hydrazine groups is 1. The van der Waals surface area contributed by atoms with E-state index in [2.05, 4.69) is 36.2 Å². The minimum absolute atomic E-state index is 0.205. The van der Waals surface area contributed by atoms with Gasteiger partial charge in [0, 0.05) is 17.4 Å². The Bertz CT molecular complexity index is 874. The molecule has 3 rings (SSSR count). The van der Waals surface area contributed by atoms with Crippen molar-refractivity contribution < 1.29 is 8.42 Å². The fourth-order valence-electron chi connectivity index (χ4n) is 2.12. The maximum Gasteiger partial charge on any atom is 0.253 e. The van der Waals surface area contributed by atoms with Gasteiger partial charge in [0.05, 0.1) is 15.9 Å². The van der Waals surface area contributed by atoms with Crippen molar-refractivity contribution >= 4 is 37.0 Å². The van der Waals surface area contributed by atoms with E-state index in [4.69, 9.17) is 0 Å². The molecule has 0 spiro atoms. The third-order valence-electron chi connectivity index (χ3n) is 3.26. The number of fused-ring (bicyclic) bond motifs is 1. The molecule has 0 unspecified atom stereocenters. The zero-order valence-corrected chi connectivity index (χ0v) is 14.5. The molecule has 8 heteroatoms. The van der Waals surface area contributed by atoms with E-state index in [1.807, 2.05) is 24.3 Å². The van der Waals surface area contributed by atoms with E-state index >= 15 is 0 Å². The van der Waals surface area contributed by atoms with Crippen LogP contribution in [0.15, 0.2) is 57.9 Å². The van der Waals surface area contributed by atoms with Gasteiger partial charge in [-0.05, 0) is 36.4 Å². The van der Waals surface area contributed by atoms with Crippen LogP contribution in [0.1, 0.15) is 5.82 Å². The highest BCUT2D eigenvalue weighted by atomic mass is 79.9. The van der Waals surface area contributed by atoms with Crippen LogP contribution in [0.4, 0.5) is 0 Å². The lowest BCUT2D eigenvalue weighted by Gasteiger charge is -2.07. The molecule has 0 bridgehead atoms. The van der Waals surface area contributed by atoms with E-state index in [1.54, 1.807) is 12.1 Å². The van der Waals surface area contributed by atoms with Crippen molar-refractivity contribution in [1.82, 2.24) is 20.2 Å². The molecule has 23 heavy (non-hydrogen) atoms. The first-order valence-electron chi connectivity index (χ1n) is 6.98. The number of aromatic amines is 1. The second-order valence-electron chi connectivity index (χ2n) is 4.94. The topological polar surface area (TPSA) is 86.9 Å². The molecule has 0 aliphatic rings. The molecule has 0 aliphatic heterocycles. The van der Waals surface area contributed by atoms with Crippen molar-refractivity contribution in [3.8, 4) is 0 Å². The molecule has 1 aromatic heterocycles. The first kappa shape index (κ1) is 16.1. The smallest absolute Gasteiger partial charge is 0.253 e. The van der Waals surface area contributed by atoms with Gasteiger partial charge in [-0.2, -0.15) is 0 Å². The summed E-state index contributed by atoms with van der Waals surface area (Å²) >= 11 is 3.28. The van der Waals surface area contributed by atoms with Gasteiger partial charge < -0.3 is 4.98 Å². The monoisotopic (exact) mass is 394 g/mol. The minimum Gasteiger partial charge on any atom is -0.342 e. The van der Waals surface area contributed by atoms with Gasteiger partial charge >= 0.3 is 0 Å². The van der Waals surface area contributed by atoms with Crippen LogP contribution in [0, 0.1) is 0 Å². The number of H-pyrrole nitrogens is 1. The highest BCUT2D eigenvalue weighted by Crippen LogP contribution is 2.14. The molecule has 0 fully saturated rings. The number of rotatable bonds is 6. The van der Waals surface area contributed by atoms with E-state index in [0.717, 1.165) is 21.3 Å². The molecule has 0 aliphatic carbocycles. The highest BCUT2D eigenvalue weighted by molar-refractivity contribution is 9.10. The van der Waals surface area contributed by atoms with Crippen LogP contribution in [0.2, 0.25) is 0 Å². The maximum absolute atomic E-state index is 12.1. The predicted molar refractivity (Wildman–Crippen MR) is 92.3 cm³/mol. The van der Waals surface area contributed by atoms with Gasteiger partial charge in [-0.3, -0.25) is 0 Å². The van der Waals surface area contributed by atoms with Crippen LogP contribution in [0.3, 0.4) is 0 Å². The van der Waals surface area contributed by atoms with Crippen LogP contribution in [0.5, 0.6) is 0 Å². The summed E-state index contributed by atoms with van der Waals surface area (Å²) in [6.45, 7) is 0.426. The SMILES string of the molecule is O=S(=O)(NNCCc1nc2ccccc2[nH]1)c1ccc(Br)cc1. The number of hydrogen-bond donors (Lipinski definition) is 3. The van der Waals surface area contributed by atoms with E-state index in [-0.39, 0.29) is 4.90 Å². The average molecular weight is 395 g/mol. The lowest BCUT2D eigenvalue weighted by Crippen LogP contribution is -2.38. The third-order valence-corrected chi connectivity index (χ3v) is 5.09. The Hall–Kier alpha value is -1.74. The van der Waals surface area contributed by atoms with Crippen LogP contribution >= 0.6 is 15.9 Å². The van der Waals surface area contributed by atoms with Gasteiger partial charge in [0.2, 0.25) is 0 Å². The molecule has 3 aromatic rings. The third kappa shape index (κ3) is 3.97. The van der Waals surface area contributed by atoms with Gasteiger partial charge in [0.15, 0.2) is 0 Å². The van der Waals surface area contributed by atoms with Gasteiger partial charge in [0.25, 0.3) is 10.0 Å². The number of hydrogen-bond acceptors (Lipinski definition) is 4. The molecular formula is C15H15BrN4O2S. The number of nitrogens with one attached hydrogen (secondary N) is 3. The van der Waals surface area contributed by atoms with Crippen LogP contribution < -0.4 is 10.3 Å². The molecule has 120 valence electrons. The summed E-state index contributed by atoms with van der Waals surface area (Å²) in [5, 5.41) is 0. The molecule has 2 aromatic carbocycles. The van der Waals surface area contributed by atoms with Crippen LogP contribution in [0.25, 0.3) is 11.0 Å². The maximum atomic E-state index is 12.1. The molecule has 0 amide bonds. The van der Waals surface area contributed by atoms with E-state index < -0.39 is 10.0 Å². The second kappa shape index (κ2) is 6.79. The Morgan fingerprint density at radius 2 is 1.83 bits per heavy atom. The summed E-state index contributed by atoms with van der Waals surface area (Å²) in [5.41, 5.74) is 4.59. The van der Waals surface area contributed by atoms with Crippen molar-refractivity contribution in [3.63, 3.8) is 0 Å². The summed E-state index contributed by atoms with van der Waals surface area (Å²) in [6, 6.07) is 14.2. The van der Waals surface area contributed by atoms with Crippen molar-refractivity contribution in [2.24, 2.45) is 0 Å². The Labute approximate surface area is 142 Å². The number of imidazole rings is 1. The number of nitrogens with zero attached hydrogens (tertiary/aromatic N) is 1. The van der Waals surface area contributed by atoms with Gasteiger partial charge in [-0.15, -0.1) is 4.83 Å². The summed E-state index contributed by atoms with van der Waals surface area (Å²) in [6.07, 6.45) is 0.581. The summed E-state index contributed by atoms with van der Waals surface area (Å²) in [5.74, 6) is 0.807. The molecule has 6 nitrogen and oxygen atoms in total. The molecule has 1 heterocycles. The van der Waals surface area contributed by atoms with Crippen molar-refractivity contribution in [1.29, 1.82) is 0 Å². The predicted octanol–water partition coefficient (Wildman–Crippen LogP) is 2.35. The molecule has 3 N–H and O–H groups in total. The molecule has 0 radical (unpaired) electrons. The lowest BCUT2D eigenvalue weighted by molar-refractivity contribution is 0.554. The lowest BCUT2D eigenvalue weighted by atomic mass is 10.3. The largest absolute Gasteiger partial charge is 0.342 e. The van der Waals surface area contributed by atoms with E-state index in [0.29, 0.717) is 13.0 Å². The summed E-state index contributed by atoms with van der Waals surface area (Å²) in [7, 11) is -3.57. The zero-order valence-electron chi connectivity index (χ0n) is 12.1. The molecule has 0 atom stereocenters. The second-order valence-corrected chi connectivity index (χ2v) is 7.53. The van der Waals surface area contributed by atoms with Crippen LogP contribution in [-0.4, -0.2) is 24.9 Å². The first-order valence-corrected chi connectivity index (χ1v) is 9.26. The fourth-order valence-corrected chi connectivity index (χ4v) is 3.29. The Balaban J connectivity index is 1.55. The zero-order chi connectivity index (χ0) is 16.3. The van der Waals surface area contributed by atoms with Gasteiger partial charge in [-0.1, -0.05) is 28.1 Å². The van der Waals surface area contributed by atoms with Crippen molar-refractivity contribution in [2.75, 3.05) is 6.54 Å². The molecule has 0 saturated carbocycles.